The average molecular weight is 478 g/mol. The molecule has 7 heteroatoms. The largest absolute Gasteiger partial charge is 0.349 e. The van der Waals surface area contributed by atoms with Crippen molar-refractivity contribution < 1.29 is 9.59 Å². The van der Waals surface area contributed by atoms with E-state index in [4.69, 9.17) is 5.10 Å². The Labute approximate surface area is 209 Å². The lowest BCUT2D eigenvalue weighted by Crippen LogP contribution is -2.23. The first kappa shape index (κ1) is 23.2. The molecule has 0 saturated heterocycles. The maximum atomic E-state index is 12.1. The first-order valence-electron chi connectivity index (χ1n) is 11.9. The van der Waals surface area contributed by atoms with E-state index in [-0.39, 0.29) is 5.91 Å². The number of hydrogen-bond acceptors (Lipinski definition) is 4. The molecule has 0 bridgehead atoms. The second-order valence-electron chi connectivity index (χ2n) is 8.96. The number of benzene rings is 2. The van der Waals surface area contributed by atoms with Crippen LogP contribution in [0.5, 0.6) is 0 Å². The van der Waals surface area contributed by atoms with Gasteiger partial charge in [-0.1, -0.05) is 42.5 Å². The van der Waals surface area contributed by atoms with Gasteiger partial charge in [0.2, 0.25) is 5.91 Å². The van der Waals surface area contributed by atoms with E-state index in [9.17, 15) is 9.59 Å². The molecule has 0 saturated carbocycles. The molecule has 0 radical (unpaired) electrons. The number of carbonyl (C=O) groups excluding carboxylic acids is 2. The number of aromatic nitrogens is 4. The highest BCUT2D eigenvalue weighted by Gasteiger charge is 2.17. The van der Waals surface area contributed by atoms with Crippen LogP contribution in [0, 0.1) is 0 Å². The van der Waals surface area contributed by atoms with Crippen LogP contribution in [-0.2, 0) is 17.8 Å². The summed E-state index contributed by atoms with van der Waals surface area (Å²) >= 11 is 0. The van der Waals surface area contributed by atoms with Gasteiger partial charge in [0.25, 0.3) is 0 Å². The molecule has 3 heterocycles. The number of likely N-dealkylation sites (N-methyl/N-ethyl adjacent to an activating group) is 1. The van der Waals surface area contributed by atoms with Gasteiger partial charge < -0.3 is 9.88 Å². The predicted octanol–water partition coefficient (Wildman–Crippen LogP) is 5.22. The van der Waals surface area contributed by atoms with Crippen molar-refractivity contribution in [1.29, 1.82) is 0 Å². The number of amides is 1. The van der Waals surface area contributed by atoms with Crippen molar-refractivity contribution in [1.82, 2.24) is 24.6 Å². The summed E-state index contributed by atoms with van der Waals surface area (Å²) in [5.41, 5.74) is 8.08. The van der Waals surface area contributed by atoms with Crippen LogP contribution in [0.1, 0.15) is 22.8 Å². The molecule has 0 unspecified atom stereocenters. The maximum Gasteiger partial charge on any atom is 0.226 e. The molecule has 1 N–H and O–H groups in total. The molecule has 7 nitrogen and oxygen atoms in total. The van der Waals surface area contributed by atoms with Gasteiger partial charge >= 0.3 is 0 Å². The highest BCUT2D eigenvalue weighted by Crippen LogP contribution is 2.36. The lowest BCUT2D eigenvalue weighted by atomic mass is 9.99. The standard InChI is InChI=1S/C29H27N5O2/c1-4-34-17-25(28(32-34)21-10-8-19(9-11-21)15-27(36)33(2)3)23-12-13-30-29-24(23)16-26(31-29)22-7-5-6-20(14-22)18-35/h5-14,16-18H,4,15H2,1-3H3,(H,30,31). The van der Waals surface area contributed by atoms with E-state index in [1.165, 1.54) is 0 Å². The predicted molar refractivity (Wildman–Crippen MR) is 142 cm³/mol. The summed E-state index contributed by atoms with van der Waals surface area (Å²) < 4.78 is 1.93. The van der Waals surface area contributed by atoms with E-state index in [0.717, 1.165) is 63.1 Å². The van der Waals surface area contributed by atoms with Gasteiger partial charge in [-0.2, -0.15) is 5.10 Å². The molecule has 0 spiro atoms. The van der Waals surface area contributed by atoms with Crippen molar-refractivity contribution in [3.05, 3.63) is 84.2 Å². The first-order valence-corrected chi connectivity index (χ1v) is 11.9. The quantitative estimate of drug-likeness (QED) is 0.326. The Morgan fingerprint density at radius 2 is 1.83 bits per heavy atom. The normalized spacial score (nSPS) is 11.1. The van der Waals surface area contributed by atoms with Gasteiger partial charge in [0.1, 0.15) is 17.6 Å². The molecule has 0 atom stereocenters. The van der Waals surface area contributed by atoms with E-state index in [2.05, 4.69) is 29.2 Å². The van der Waals surface area contributed by atoms with E-state index >= 15 is 0 Å². The van der Waals surface area contributed by atoms with Crippen LogP contribution >= 0.6 is 0 Å². The fourth-order valence-electron chi connectivity index (χ4n) is 4.30. The minimum atomic E-state index is 0.0693. The molecule has 5 aromatic rings. The summed E-state index contributed by atoms with van der Waals surface area (Å²) in [4.78, 5) is 32.9. The molecule has 180 valence electrons. The van der Waals surface area contributed by atoms with Crippen molar-refractivity contribution in [2.24, 2.45) is 0 Å². The van der Waals surface area contributed by atoms with E-state index in [1.807, 2.05) is 53.2 Å². The Bertz CT molecular complexity index is 1560. The van der Waals surface area contributed by atoms with Crippen molar-refractivity contribution >= 4 is 23.2 Å². The van der Waals surface area contributed by atoms with Gasteiger partial charge in [-0.15, -0.1) is 0 Å². The first-order chi connectivity index (χ1) is 17.5. The molecule has 2 aromatic carbocycles. The van der Waals surface area contributed by atoms with E-state index < -0.39 is 0 Å². The minimum absolute atomic E-state index is 0.0693. The SMILES string of the molecule is CCn1cc(-c2ccnc3[nH]c(-c4cccc(C=O)c4)cc23)c(-c2ccc(CC(=O)N(C)C)cc2)n1. The molecular weight excluding hydrogens is 450 g/mol. The summed E-state index contributed by atoms with van der Waals surface area (Å²) in [5, 5.41) is 5.84. The zero-order chi connectivity index (χ0) is 25.2. The number of nitrogens with zero attached hydrogens (tertiary/aromatic N) is 4. The molecule has 36 heavy (non-hydrogen) atoms. The Hall–Kier alpha value is -4.52. The van der Waals surface area contributed by atoms with Crippen LogP contribution in [0.25, 0.3) is 44.7 Å². The molecule has 0 aliphatic rings. The second-order valence-corrected chi connectivity index (χ2v) is 8.96. The highest BCUT2D eigenvalue weighted by molar-refractivity contribution is 5.99. The lowest BCUT2D eigenvalue weighted by Gasteiger charge is -2.10. The van der Waals surface area contributed by atoms with Gasteiger partial charge in [0, 0.05) is 60.8 Å². The Kier molecular flexibility index (Phi) is 6.21. The van der Waals surface area contributed by atoms with Gasteiger partial charge in [0.05, 0.1) is 6.42 Å². The Balaban J connectivity index is 1.58. The van der Waals surface area contributed by atoms with Crippen molar-refractivity contribution in [3.63, 3.8) is 0 Å². The fourth-order valence-corrected chi connectivity index (χ4v) is 4.30. The van der Waals surface area contributed by atoms with Crippen LogP contribution in [0.4, 0.5) is 0 Å². The number of aldehydes is 1. The van der Waals surface area contributed by atoms with E-state index in [1.54, 1.807) is 31.3 Å². The average Bonchev–Trinajstić information content (AvgIpc) is 3.54. The fraction of sp³-hybridized carbons (Fsp3) is 0.172. The number of fused-ring (bicyclic) bond motifs is 1. The van der Waals surface area contributed by atoms with Crippen molar-refractivity contribution in [2.45, 2.75) is 19.9 Å². The number of nitrogens with one attached hydrogen (secondary N) is 1. The Morgan fingerprint density at radius 3 is 2.56 bits per heavy atom. The lowest BCUT2D eigenvalue weighted by molar-refractivity contribution is -0.127. The number of rotatable bonds is 7. The smallest absolute Gasteiger partial charge is 0.226 e. The summed E-state index contributed by atoms with van der Waals surface area (Å²) in [6.07, 6.45) is 5.07. The number of aromatic amines is 1. The third-order valence-corrected chi connectivity index (χ3v) is 6.32. The van der Waals surface area contributed by atoms with Crippen LogP contribution in [-0.4, -0.2) is 50.9 Å². The van der Waals surface area contributed by atoms with E-state index in [0.29, 0.717) is 12.0 Å². The molecule has 0 aliphatic carbocycles. The molecule has 3 aromatic heterocycles. The second kappa shape index (κ2) is 9.62. The van der Waals surface area contributed by atoms with Gasteiger partial charge in [0.15, 0.2) is 0 Å². The number of H-pyrrole nitrogens is 1. The zero-order valence-electron chi connectivity index (χ0n) is 20.5. The summed E-state index contributed by atoms with van der Waals surface area (Å²) in [7, 11) is 3.53. The Morgan fingerprint density at radius 1 is 1.03 bits per heavy atom. The van der Waals surface area contributed by atoms with Crippen LogP contribution < -0.4 is 0 Å². The topological polar surface area (TPSA) is 83.9 Å². The van der Waals surface area contributed by atoms with Gasteiger partial charge in [-0.05, 0) is 41.8 Å². The third-order valence-electron chi connectivity index (χ3n) is 6.32. The molecule has 1 amide bonds. The van der Waals surface area contributed by atoms with Crippen LogP contribution in [0.15, 0.2) is 73.1 Å². The monoisotopic (exact) mass is 477 g/mol. The molecule has 5 rings (SSSR count). The van der Waals surface area contributed by atoms with Gasteiger partial charge in [-0.3, -0.25) is 14.3 Å². The summed E-state index contributed by atoms with van der Waals surface area (Å²) in [5.74, 6) is 0.0693. The number of pyridine rings is 1. The molecular formula is C29H27N5O2. The number of hydrogen-bond donors (Lipinski definition) is 1. The van der Waals surface area contributed by atoms with Crippen LogP contribution in [0.2, 0.25) is 0 Å². The van der Waals surface area contributed by atoms with Crippen LogP contribution in [0.3, 0.4) is 0 Å². The summed E-state index contributed by atoms with van der Waals surface area (Å²) in [6, 6.07) is 19.6. The highest BCUT2D eigenvalue weighted by atomic mass is 16.2. The number of carbonyl (C=O) groups is 2. The zero-order valence-corrected chi connectivity index (χ0v) is 20.5. The number of aryl methyl sites for hydroxylation is 1. The van der Waals surface area contributed by atoms with Crippen molar-refractivity contribution in [2.75, 3.05) is 14.1 Å². The third kappa shape index (κ3) is 4.43. The minimum Gasteiger partial charge on any atom is -0.349 e. The summed E-state index contributed by atoms with van der Waals surface area (Å²) in [6.45, 7) is 2.81. The molecule has 0 aliphatic heterocycles. The maximum absolute atomic E-state index is 12.1. The molecule has 0 fully saturated rings. The van der Waals surface area contributed by atoms with Gasteiger partial charge in [-0.25, -0.2) is 4.98 Å². The van der Waals surface area contributed by atoms with Crippen molar-refractivity contribution in [3.8, 4) is 33.6 Å².